The molecule has 1 aliphatic rings. The molecule has 15 heavy (non-hydrogen) atoms. The van der Waals surface area contributed by atoms with E-state index in [4.69, 9.17) is 0 Å². The molecule has 1 rings (SSSR count). The van der Waals surface area contributed by atoms with E-state index in [1.807, 2.05) is 23.5 Å². The summed E-state index contributed by atoms with van der Waals surface area (Å²) in [6, 6.07) is 0. The van der Waals surface area contributed by atoms with Gasteiger partial charge in [0.05, 0.1) is 0 Å². The molecule has 0 unspecified atom stereocenters. The summed E-state index contributed by atoms with van der Waals surface area (Å²) in [5.41, 5.74) is 1.41. The molecular formula is C11H20S4. The minimum absolute atomic E-state index is 1.17. The van der Waals surface area contributed by atoms with Gasteiger partial charge in [0.1, 0.15) is 0 Å². The highest BCUT2D eigenvalue weighted by atomic mass is 32.2. The zero-order chi connectivity index (χ0) is 10.8. The predicted octanol–water partition coefficient (Wildman–Crippen LogP) is 3.88. The molecular weight excluding hydrogens is 260 g/mol. The van der Waals surface area contributed by atoms with Gasteiger partial charge in [-0.05, 0) is 17.9 Å². The van der Waals surface area contributed by atoms with Gasteiger partial charge in [-0.2, -0.15) is 47.0 Å². The molecule has 1 heterocycles. The average molecular weight is 281 g/mol. The van der Waals surface area contributed by atoms with E-state index in [0.29, 0.717) is 0 Å². The van der Waals surface area contributed by atoms with Crippen molar-refractivity contribution in [3.8, 4) is 0 Å². The van der Waals surface area contributed by atoms with Crippen LogP contribution in [0.15, 0.2) is 12.2 Å². The summed E-state index contributed by atoms with van der Waals surface area (Å²) < 4.78 is 0. The lowest BCUT2D eigenvalue weighted by atomic mass is 10.4. The molecule has 88 valence electrons. The monoisotopic (exact) mass is 280 g/mol. The van der Waals surface area contributed by atoms with Crippen LogP contribution in [0.3, 0.4) is 0 Å². The number of rotatable bonds is 0. The molecule has 0 aromatic rings. The van der Waals surface area contributed by atoms with Gasteiger partial charge in [0.2, 0.25) is 0 Å². The Kier molecular flexibility index (Phi) is 9.76. The molecule has 0 spiro atoms. The van der Waals surface area contributed by atoms with E-state index in [9.17, 15) is 0 Å². The Labute approximate surface area is 111 Å². The summed E-state index contributed by atoms with van der Waals surface area (Å²) in [5, 5.41) is 0. The first kappa shape index (κ1) is 14.2. The third-order valence-corrected chi connectivity index (χ3v) is 6.80. The topological polar surface area (TPSA) is 0 Å². The standard InChI is InChI=1S/C11H20S4/c1-11-9-14-7-5-12-3-2-4-13-6-8-15-10-11/h1-10H2. The quantitative estimate of drug-likeness (QED) is 0.617. The van der Waals surface area contributed by atoms with Crippen molar-refractivity contribution >= 4 is 47.0 Å². The van der Waals surface area contributed by atoms with E-state index in [-0.39, 0.29) is 0 Å². The summed E-state index contributed by atoms with van der Waals surface area (Å²) in [7, 11) is 0. The van der Waals surface area contributed by atoms with Gasteiger partial charge < -0.3 is 0 Å². The Morgan fingerprint density at radius 3 is 1.67 bits per heavy atom. The molecule has 4 heteroatoms. The molecule has 0 N–H and O–H groups in total. The Morgan fingerprint density at radius 2 is 1.13 bits per heavy atom. The SMILES string of the molecule is C=C1CSCCSCCCSCCSC1. The first-order valence-corrected chi connectivity index (χ1v) is 9.99. The third-order valence-electron chi connectivity index (χ3n) is 1.93. The van der Waals surface area contributed by atoms with Crippen LogP contribution in [0.1, 0.15) is 6.42 Å². The van der Waals surface area contributed by atoms with Gasteiger partial charge in [0.25, 0.3) is 0 Å². The molecule has 0 bridgehead atoms. The zero-order valence-electron chi connectivity index (χ0n) is 9.20. The number of hydrogen-bond acceptors (Lipinski definition) is 4. The van der Waals surface area contributed by atoms with Gasteiger partial charge in [0.15, 0.2) is 0 Å². The van der Waals surface area contributed by atoms with Crippen molar-refractivity contribution in [1.29, 1.82) is 0 Å². The molecule has 0 aliphatic carbocycles. The van der Waals surface area contributed by atoms with Crippen molar-refractivity contribution in [2.45, 2.75) is 6.42 Å². The van der Waals surface area contributed by atoms with Gasteiger partial charge in [-0.25, -0.2) is 0 Å². The van der Waals surface area contributed by atoms with Crippen LogP contribution in [0.4, 0.5) is 0 Å². The van der Waals surface area contributed by atoms with E-state index in [1.54, 1.807) is 0 Å². The lowest BCUT2D eigenvalue weighted by Crippen LogP contribution is -1.97. The first-order chi connectivity index (χ1) is 7.39. The molecule has 1 aliphatic heterocycles. The van der Waals surface area contributed by atoms with Crippen molar-refractivity contribution < 1.29 is 0 Å². The van der Waals surface area contributed by atoms with Crippen LogP contribution in [-0.4, -0.2) is 46.0 Å². The highest BCUT2D eigenvalue weighted by Gasteiger charge is 1.99. The largest absolute Gasteiger partial charge is 0.161 e. The van der Waals surface area contributed by atoms with E-state index in [0.717, 1.165) is 0 Å². The average Bonchev–Trinajstić information content (AvgIpc) is 2.24. The van der Waals surface area contributed by atoms with Crippen molar-refractivity contribution in [2.75, 3.05) is 46.0 Å². The first-order valence-electron chi connectivity index (χ1n) is 5.37. The predicted molar refractivity (Wildman–Crippen MR) is 83.1 cm³/mol. The number of hydrogen-bond donors (Lipinski definition) is 0. The van der Waals surface area contributed by atoms with Crippen molar-refractivity contribution in [3.63, 3.8) is 0 Å². The van der Waals surface area contributed by atoms with Crippen LogP contribution >= 0.6 is 47.0 Å². The van der Waals surface area contributed by atoms with Crippen LogP contribution in [0.25, 0.3) is 0 Å². The van der Waals surface area contributed by atoms with Crippen LogP contribution in [0.2, 0.25) is 0 Å². The summed E-state index contributed by atoms with van der Waals surface area (Å²) in [5.74, 6) is 10.2. The zero-order valence-corrected chi connectivity index (χ0v) is 12.5. The van der Waals surface area contributed by atoms with E-state index < -0.39 is 0 Å². The molecule has 0 atom stereocenters. The molecule has 0 saturated carbocycles. The molecule has 1 fully saturated rings. The summed E-state index contributed by atoms with van der Waals surface area (Å²) >= 11 is 8.32. The summed E-state index contributed by atoms with van der Waals surface area (Å²) in [4.78, 5) is 0. The third kappa shape index (κ3) is 8.90. The second-order valence-corrected chi connectivity index (χ2v) is 8.09. The minimum atomic E-state index is 1.17. The maximum Gasteiger partial charge on any atom is 0.0149 e. The van der Waals surface area contributed by atoms with Gasteiger partial charge in [0, 0.05) is 34.5 Å². The Bertz CT molecular complexity index is 154. The molecule has 0 amide bonds. The normalized spacial score (nSPS) is 23.3. The molecule has 0 aromatic carbocycles. The van der Waals surface area contributed by atoms with Crippen LogP contribution < -0.4 is 0 Å². The lowest BCUT2D eigenvalue weighted by Gasteiger charge is -2.07. The van der Waals surface area contributed by atoms with Crippen LogP contribution in [-0.2, 0) is 0 Å². The molecule has 0 radical (unpaired) electrons. The van der Waals surface area contributed by atoms with Crippen molar-refractivity contribution in [1.82, 2.24) is 0 Å². The van der Waals surface area contributed by atoms with Gasteiger partial charge in [-0.15, -0.1) is 0 Å². The minimum Gasteiger partial charge on any atom is -0.161 e. The molecule has 0 nitrogen and oxygen atoms in total. The second-order valence-electron chi connectivity index (χ2n) is 3.43. The maximum atomic E-state index is 4.13. The lowest BCUT2D eigenvalue weighted by molar-refractivity contribution is 1.12. The fraction of sp³-hybridized carbons (Fsp3) is 0.818. The van der Waals surface area contributed by atoms with Crippen LogP contribution in [0.5, 0.6) is 0 Å². The van der Waals surface area contributed by atoms with Crippen LogP contribution in [0, 0.1) is 0 Å². The second kappa shape index (κ2) is 10.3. The number of thioether (sulfide) groups is 4. The fourth-order valence-corrected chi connectivity index (χ4v) is 5.55. The van der Waals surface area contributed by atoms with E-state index >= 15 is 0 Å². The van der Waals surface area contributed by atoms with E-state index in [2.05, 4.69) is 30.1 Å². The van der Waals surface area contributed by atoms with Gasteiger partial charge in [-0.3, -0.25) is 0 Å². The fourth-order valence-electron chi connectivity index (χ4n) is 1.18. The van der Waals surface area contributed by atoms with Gasteiger partial charge in [-0.1, -0.05) is 12.2 Å². The van der Waals surface area contributed by atoms with Gasteiger partial charge >= 0.3 is 0 Å². The highest BCUT2D eigenvalue weighted by Crippen LogP contribution is 2.17. The van der Waals surface area contributed by atoms with Crippen molar-refractivity contribution in [3.05, 3.63) is 12.2 Å². The highest BCUT2D eigenvalue weighted by molar-refractivity contribution is 8.04. The Hall–Kier alpha value is 1.14. The smallest absolute Gasteiger partial charge is 0.0149 e. The summed E-state index contributed by atoms with van der Waals surface area (Å²) in [6.45, 7) is 4.13. The molecule has 1 saturated heterocycles. The van der Waals surface area contributed by atoms with E-state index in [1.165, 1.54) is 58.0 Å². The maximum absolute atomic E-state index is 4.13. The molecule has 0 aromatic heterocycles. The summed E-state index contributed by atoms with van der Waals surface area (Å²) in [6.07, 6.45) is 1.39. The Balaban J connectivity index is 2.13. The Morgan fingerprint density at radius 1 is 0.667 bits per heavy atom. The van der Waals surface area contributed by atoms with Crippen molar-refractivity contribution in [2.24, 2.45) is 0 Å².